The van der Waals surface area contributed by atoms with E-state index >= 15 is 0 Å². The van der Waals surface area contributed by atoms with Crippen LogP contribution in [-0.4, -0.2) is 59.4 Å². The number of benzene rings is 2. The van der Waals surface area contributed by atoms with Crippen LogP contribution in [-0.2, 0) is 0 Å². The molecule has 8 heteroatoms. The summed E-state index contributed by atoms with van der Waals surface area (Å²) in [7, 11) is 0. The second-order valence-corrected chi connectivity index (χ2v) is 6.60. The third-order valence-electron chi connectivity index (χ3n) is 5.02. The summed E-state index contributed by atoms with van der Waals surface area (Å²) in [5, 5.41) is 10.8. The molecule has 0 aliphatic carbocycles. The van der Waals surface area contributed by atoms with Crippen LogP contribution in [0.3, 0.4) is 0 Å². The van der Waals surface area contributed by atoms with Gasteiger partial charge in [0.2, 0.25) is 0 Å². The number of imide groups is 1. The Kier molecular flexibility index (Phi) is 4.33. The normalized spacial score (nSPS) is 17.3. The quantitative estimate of drug-likeness (QED) is 0.467. The number of non-ortho nitro benzene ring substituents is 1. The van der Waals surface area contributed by atoms with Crippen LogP contribution in [0.5, 0.6) is 0 Å². The third-order valence-corrected chi connectivity index (χ3v) is 5.02. The number of piperazine rings is 1. The van der Waals surface area contributed by atoms with Crippen LogP contribution in [0.2, 0.25) is 0 Å². The zero-order valence-electron chi connectivity index (χ0n) is 14.6. The van der Waals surface area contributed by atoms with Gasteiger partial charge in [-0.25, -0.2) is 0 Å². The van der Waals surface area contributed by atoms with E-state index in [0.29, 0.717) is 24.2 Å². The molecule has 0 N–H and O–H groups in total. The number of carbonyl (C=O) groups is 2. The van der Waals surface area contributed by atoms with E-state index in [1.807, 2.05) is 0 Å². The first kappa shape index (κ1) is 17.2. The molecule has 0 spiro atoms. The van der Waals surface area contributed by atoms with E-state index in [1.165, 1.54) is 17.0 Å². The lowest BCUT2D eigenvalue weighted by atomic mass is 10.1. The first-order chi connectivity index (χ1) is 13.0. The predicted molar refractivity (Wildman–Crippen MR) is 98.7 cm³/mol. The zero-order chi connectivity index (χ0) is 19.0. The summed E-state index contributed by atoms with van der Waals surface area (Å²) in [5.74, 6) is -0.484. The summed E-state index contributed by atoms with van der Waals surface area (Å²) >= 11 is 0. The molecular formula is C19H18N4O4. The highest BCUT2D eigenvalue weighted by Crippen LogP contribution is 2.24. The van der Waals surface area contributed by atoms with Gasteiger partial charge in [0, 0.05) is 44.0 Å². The smallest absolute Gasteiger partial charge is 0.269 e. The van der Waals surface area contributed by atoms with Crippen LogP contribution in [0.15, 0.2) is 48.5 Å². The van der Waals surface area contributed by atoms with E-state index < -0.39 is 4.92 Å². The molecule has 0 atom stereocenters. The maximum absolute atomic E-state index is 12.5. The van der Waals surface area contributed by atoms with Crippen LogP contribution in [0.4, 0.5) is 11.4 Å². The SMILES string of the molecule is O=C1c2ccccc2C(=O)N1CN1CCN(c2ccc([N+](=O)[O-])cc2)CC1. The standard InChI is InChI=1S/C19H18N4O4/c24-18-16-3-1-2-4-17(16)19(25)22(18)13-20-9-11-21(12-10-20)14-5-7-15(8-6-14)23(26)27/h1-8H,9-13H2. The zero-order valence-corrected chi connectivity index (χ0v) is 14.6. The molecule has 2 heterocycles. The molecule has 2 aliphatic heterocycles. The third kappa shape index (κ3) is 3.15. The van der Waals surface area contributed by atoms with Crippen molar-refractivity contribution in [3.8, 4) is 0 Å². The Morgan fingerprint density at radius 3 is 1.93 bits per heavy atom. The number of hydrogen-bond donors (Lipinski definition) is 0. The highest BCUT2D eigenvalue weighted by molar-refractivity contribution is 6.21. The molecule has 2 aromatic rings. The van der Waals surface area contributed by atoms with Crippen molar-refractivity contribution in [3.63, 3.8) is 0 Å². The lowest BCUT2D eigenvalue weighted by Gasteiger charge is -2.37. The Morgan fingerprint density at radius 1 is 0.852 bits per heavy atom. The van der Waals surface area contributed by atoms with Crippen LogP contribution in [0.25, 0.3) is 0 Å². The number of amides is 2. The second-order valence-electron chi connectivity index (χ2n) is 6.60. The summed E-state index contributed by atoms with van der Waals surface area (Å²) in [6.07, 6.45) is 0. The maximum atomic E-state index is 12.5. The molecular weight excluding hydrogens is 348 g/mol. The number of rotatable bonds is 4. The minimum atomic E-state index is -0.413. The van der Waals surface area contributed by atoms with Gasteiger partial charge in [0.1, 0.15) is 0 Å². The number of anilines is 1. The van der Waals surface area contributed by atoms with Crippen molar-refractivity contribution in [2.75, 3.05) is 37.7 Å². The number of nitro groups is 1. The Labute approximate surface area is 155 Å². The van der Waals surface area contributed by atoms with E-state index in [2.05, 4.69) is 9.80 Å². The van der Waals surface area contributed by atoms with Gasteiger partial charge in [-0.1, -0.05) is 12.1 Å². The van der Waals surface area contributed by atoms with Crippen molar-refractivity contribution in [2.24, 2.45) is 0 Å². The number of nitro benzene ring substituents is 1. The first-order valence-electron chi connectivity index (χ1n) is 8.71. The van der Waals surface area contributed by atoms with E-state index in [-0.39, 0.29) is 24.2 Å². The lowest BCUT2D eigenvalue weighted by molar-refractivity contribution is -0.384. The Hall–Kier alpha value is -3.26. The fourth-order valence-corrected chi connectivity index (χ4v) is 3.50. The summed E-state index contributed by atoms with van der Waals surface area (Å²) < 4.78 is 0. The number of fused-ring (bicyclic) bond motifs is 1. The van der Waals surface area contributed by atoms with Crippen LogP contribution in [0.1, 0.15) is 20.7 Å². The fraction of sp³-hybridized carbons (Fsp3) is 0.263. The second kappa shape index (κ2) is 6.81. The highest BCUT2D eigenvalue weighted by atomic mass is 16.6. The molecule has 1 saturated heterocycles. The molecule has 0 aromatic heterocycles. The van der Waals surface area contributed by atoms with Gasteiger partial charge in [-0.2, -0.15) is 0 Å². The monoisotopic (exact) mass is 366 g/mol. The molecule has 0 radical (unpaired) electrons. The van der Waals surface area contributed by atoms with Gasteiger partial charge in [-0.05, 0) is 24.3 Å². The predicted octanol–water partition coefficient (Wildman–Crippen LogP) is 1.97. The summed E-state index contributed by atoms with van der Waals surface area (Å²) in [5.41, 5.74) is 1.93. The van der Waals surface area contributed by atoms with Crippen LogP contribution < -0.4 is 4.90 Å². The van der Waals surface area contributed by atoms with Gasteiger partial charge in [0.15, 0.2) is 0 Å². The maximum Gasteiger partial charge on any atom is 0.269 e. The molecule has 4 rings (SSSR count). The van der Waals surface area contributed by atoms with Gasteiger partial charge in [0.25, 0.3) is 17.5 Å². The minimum absolute atomic E-state index is 0.0722. The van der Waals surface area contributed by atoms with Gasteiger partial charge in [0.05, 0.1) is 22.7 Å². The Morgan fingerprint density at radius 2 is 1.41 bits per heavy atom. The molecule has 1 fully saturated rings. The Bertz CT molecular complexity index is 869. The topological polar surface area (TPSA) is 87.0 Å². The molecule has 0 bridgehead atoms. The summed E-state index contributed by atoms with van der Waals surface area (Å²) in [4.78, 5) is 40.8. The van der Waals surface area contributed by atoms with Gasteiger partial charge in [-0.3, -0.25) is 29.5 Å². The molecule has 138 valence electrons. The lowest BCUT2D eigenvalue weighted by Crippen LogP contribution is -2.51. The molecule has 2 aliphatic rings. The van der Waals surface area contributed by atoms with Crippen LogP contribution in [0, 0.1) is 10.1 Å². The van der Waals surface area contributed by atoms with Crippen molar-refractivity contribution in [1.82, 2.24) is 9.80 Å². The van der Waals surface area contributed by atoms with Gasteiger partial charge >= 0.3 is 0 Å². The largest absolute Gasteiger partial charge is 0.369 e. The highest BCUT2D eigenvalue weighted by Gasteiger charge is 2.36. The molecule has 2 amide bonds. The van der Waals surface area contributed by atoms with Crippen molar-refractivity contribution in [1.29, 1.82) is 0 Å². The van der Waals surface area contributed by atoms with Crippen molar-refractivity contribution in [3.05, 3.63) is 69.8 Å². The molecule has 27 heavy (non-hydrogen) atoms. The van der Waals surface area contributed by atoms with E-state index in [1.54, 1.807) is 36.4 Å². The van der Waals surface area contributed by atoms with Gasteiger partial charge in [-0.15, -0.1) is 0 Å². The number of hydrogen-bond acceptors (Lipinski definition) is 6. The summed E-state index contributed by atoms with van der Waals surface area (Å²) in [6.45, 7) is 3.12. The van der Waals surface area contributed by atoms with Gasteiger partial charge < -0.3 is 4.90 Å². The fourth-order valence-electron chi connectivity index (χ4n) is 3.50. The minimum Gasteiger partial charge on any atom is -0.369 e. The van der Waals surface area contributed by atoms with E-state index in [9.17, 15) is 19.7 Å². The first-order valence-corrected chi connectivity index (χ1v) is 8.71. The molecule has 0 unspecified atom stereocenters. The van der Waals surface area contributed by atoms with Crippen molar-refractivity contribution < 1.29 is 14.5 Å². The van der Waals surface area contributed by atoms with Crippen molar-refractivity contribution in [2.45, 2.75) is 0 Å². The molecule has 0 saturated carbocycles. The van der Waals surface area contributed by atoms with E-state index in [0.717, 1.165) is 18.8 Å². The Balaban J connectivity index is 1.37. The number of nitrogens with zero attached hydrogens (tertiary/aromatic N) is 4. The molecule has 2 aromatic carbocycles. The molecule has 8 nitrogen and oxygen atoms in total. The number of carbonyl (C=O) groups excluding carboxylic acids is 2. The summed E-state index contributed by atoms with van der Waals surface area (Å²) in [6, 6.07) is 13.4. The van der Waals surface area contributed by atoms with Crippen LogP contribution >= 0.6 is 0 Å². The van der Waals surface area contributed by atoms with Crippen molar-refractivity contribution >= 4 is 23.2 Å². The average molecular weight is 366 g/mol. The average Bonchev–Trinajstić information content (AvgIpc) is 2.94. The van der Waals surface area contributed by atoms with E-state index in [4.69, 9.17) is 0 Å².